The van der Waals surface area contributed by atoms with Crippen molar-refractivity contribution in [2.24, 2.45) is 5.73 Å². The number of aromatic nitrogens is 1. The molecule has 7 heteroatoms. The Balaban J connectivity index is 0. The van der Waals surface area contributed by atoms with E-state index >= 15 is 0 Å². The summed E-state index contributed by atoms with van der Waals surface area (Å²) >= 11 is 0. The Labute approximate surface area is 111 Å². The summed E-state index contributed by atoms with van der Waals surface area (Å²) in [4.78, 5) is 3.17. The van der Waals surface area contributed by atoms with Crippen molar-refractivity contribution in [3.8, 4) is 11.8 Å². The summed E-state index contributed by atoms with van der Waals surface area (Å²) in [7, 11) is 0. The molecule has 4 N–H and O–H groups in total. The molecule has 1 aromatic heterocycles. The molecule has 0 aliphatic rings. The van der Waals surface area contributed by atoms with Crippen LogP contribution in [0, 0.1) is 23.6 Å². The van der Waals surface area contributed by atoms with Crippen LogP contribution in [0.4, 0.5) is 14.6 Å². The molecule has 1 heterocycles. The standard InChI is InChI=1S/C10H11F2N3.2ClH/c1-6(13)3-2-4-7-5-8(11)9(12)15-10(7)14;;/h5-6H,3,13H2,1H3,(H2,14,15);2*1H/t6-;;/m0../s1. The maximum Gasteiger partial charge on any atom is 0.250 e. The van der Waals surface area contributed by atoms with Crippen molar-refractivity contribution >= 4 is 30.6 Å². The van der Waals surface area contributed by atoms with Crippen molar-refractivity contribution < 1.29 is 8.78 Å². The molecule has 0 aliphatic heterocycles. The van der Waals surface area contributed by atoms with Crippen LogP contribution in [0.1, 0.15) is 18.9 Å². The van der Waals surface area contributed by atoms with Crippen LogP contribution in [0.3, 0.4) is 0 Å². The summed E-state index contributed by atoms with van der Waals surface area (Å²) in [6.07, 6.45) is 0.457. The fourth-order valence-corrected chi connectivity index (χ4v) is 0.887. The second-order valence-corrected chi connectivity index (χ2v) is 3.18. The van der Waals surface area contributed by atoms with E-state index in [0.717, 1.165) is 6.07 Å². The highest BCUT2D eigenvalue weighted by atomic mass is 35.5. The van der Waals surface area contributed by atoms with E-state index in [4.69, 9.17) is 11.5 Å². The van der Waals surface area contributed by atoms with Crippen molar-refractivity contribution in [1.29, 1.82) is 0 Å². The molecular formula is C10H13Cl2F2N3. The number of pyridine rings is 1. The molecule has 0 aliphatic carbocycles. The highest BCUT2D eigenvalue weighted by Crippen LogP contribution is 2.11. The van der Waals surface area contributed by atoms with Gasteiger partial charge in [0.1, 0.15) is 5.82 Å². The lowest BCUT2D eigenvalue weighted by atomic mass is 10.2. The van der Waals surface area contributed by atoms with Crippen LogP contribution in [0.15, 0.2) is 6.07 Å². The Morgan fingerprint density at radius 2 is 2.00 bits per heavy atom. The predicted octanol–water partition coefficient (Wildman–Crippen LogP) is 1.87. The van der Waals surface area contributed by atoms with Gasteiger partial charge in [0.25, 0.3) is 5.95 Å². The average Bonchev–Trinajstić information content (AvgIpc) is 2.13. The first-order valence-corrected chi connectivity index (χ1v) is 4.36. The largest absolute Gasteiger partial charge is 0.383 e. The number of hydrogen-bond acceptors (Lipinski definition) is 3. The Morgan fingerprint density at radius 1 is 1.41 bits per heavy atom. The van der Waals surface area contributed by atoms with Gasteiger partial charge in [-0.2, -0.15) is 9.37 Å². The van der Waals surface area contributed by atoms with E-state index in [1.165, 1.54) is 0 Å². The molecule has 0 fully saturated rings. The Bertz CT molecular complexity index is 428. The van der Waals surface area contributed by atoms with Crippen molar-refractivity contribution in [2.75, 3.05) is 5.73 Å². The van der Waals surface area contributed by atoms with E-state index in [2.05, 4.69) is 16.8 Å². The second-order valence-electron chi connectivity index (χ2n) is 3.18. The van der Waals surface area contributed by atoms with Crippen LogP contribution in [0.2, 0.25) is 0 Å². The van der Waals surface area contributed by atoms with Gasteiger partial charge < -0.3 is 11.5 Å². The van der Waals surface area contributed by atoms with Crippen LogP contribution in [0.25, 0.3) is 0 Å². The molecular weight excluding hydrogens is 271 g/mol. The highest BCUT2D eigenvalue weighted by Gasteiger charge is 2.07. The number of halogens is 4. The van der Waals surface area contributed by atoms with Crippen molar-refractivity contribution in [2.45, 2.75) is 19.4 Å². The minimum Gasteiger partial charge on any atom is -0.383 e. The summed E-state index contributed by atoms with van der Waals surface area (Å²) < 4.78 is 25.3. The van der Waals surface area contributed by atoms with Gasteiger partial charge in [0, 0.05) is 12.5 Å². The number of nitrogens with zero attached hydrogens (tertiary/aromatic N) is 1. The van der Waals surface area contributed by atoms with Crippen LogP contribution in [-0.2, 0) is 0 Å². The number of anilines is 1. The smallest absolute Gasteiger partial charge is 0.250 e. The van der Waals surface area contributed by atoms with Crippen molar-refractivity contribution in [3.05, 3.63) is 23.4 Å². The van der Waals surface area contributed by atoms with E-state index < -0.39 is 11.8 Å². The summed E-state index contributed by atoms with van der Waals surface area (Å²) in [5.41, 5.74) is 11.0. The predicted molar refractivity (Wildman–Crippen MR) is 68.2 cm³/mol. The van der Waals surface area contributed by atoms with Gasteiger partial charge >= 0.3 is 0 Å². The monoisotopic (exact) mass is 283 g/mol. The first-order valence-electron chi connectivity index (χ1n) is 4.36. The van der Waals surface area contributed by atoms with Gasteiger partial charge in [-0.15, -0.1) is 24.8 Å². The zero-order valence-corrected chi connectivity index (χ0v) is 10.7. The fourth-order valence-electron chi connectivity index (χ4n) is 0.887. The minimum atomic E-state index is -1.22. The topological polar surface area (TPSA) is 64.9 Å². The second kappa shape index (κ2) is 8.07. The zero-order valence-electron chi connectivity index (χ0n) is 9.04. The summed E-state index contributed by atoms with van der Waals surface area (Å²) in [5, 5.41) is 0. The molecule has 0 radical (unpaired) electrons. The Morgan fingerprint density at radius 3 is 2.53 bits per heavy atom. The van der Waals surface area contributed by atoms with Crippen LogP contribution >= 0.6 is 24.8 Å². The molecule has 3 nitrogen and oxygen atoms in total. The van der Waals surface area contributed by atoms with Gasteiger partial charge in [0.2, 0.25) is 0 Å². The third kappa shape index (κ3) is 5.68. The van der Waals surface area contributed by atoms with Gasteiger partial charge in [-0.05, 0) is 13.0 Å². The minimum absolute atomic E-state index is 0. The Hall–Kier alpha value is -1.09. The van der Waals surface area contributed by atoms with Gasteiger partial charge in [0.15, 0.2) is 5.82 Å². The lowest BCUT2D eigenvalue weighted by Crippen LogP contribution is -2.12. The fraction of sp³-hybridized carbons (Fsp3) is 0.300. The van der Waals surface area contributed by atoms with Gasteiger partial charge in [-0.1, -0.05) is 11.8 Å². The molecule has 0 saturated heterocycles. The lowest BCUT2D eigenvalue weighted by Gasteiger charge is -1.98. The van der Waals surface area contributed by atoms with E-state index in [9.17, 15) is 8.78 Å². The molecule has 0 spiro atoms. The van der Waals surface area contributed by atoms with Crippen LogP contribution in [0.5, 0.6) is 0 Å². The molecule has 1 aromatic rings. The lowest BCUT2D eigenvalue weighted by molar-refractivity contribution is 0.480. The number of hydrogen-bond donors (Lipinski definition) is 2. The van der Waals surface area contributed by atoms with Gasteiger partial charge in [0.05, 0.1) is 5.56 Å². The summed E-state index contributed by atoms with van der Waals surface area (Å²) in [5.74, 6) is 2.90. The van der Waals surface area contributed by atoms with E-state index in [1.807, 2.05) is 0 Å². The molecule has 1 rings (SSSR count). The summed E-state index contributed by atoms with van der Waals surface area (Å²) in [6.45, 7) is 1.79. The molecule has 17 heavy (non-hydrogen) atoms. The van der Waals surface area contributed by atoms with Crippen LogP contribution in [-0.4, -0.2) is 11.0 Å². The van der Waals surface area contributed by atoms with Gasteiger partial charge in [-0.25, -0.2) is 4.39 Å². The third-order valence-electron chi connectivity index (χ3n) is 1.61. The summed E-state index contributed by atoms with van der Waals surface area (Å²) in [6, 6.07) is 0.850. The van der Waals surface area contributed by atoms with E-state index in [-0.39, 0.29) is 42.2 Å². The number of nitrogen functional groups attached to an aromatic ring is 1. The maximum atomic E-state index is 12.8. The number of nitrogens with two attached hydrogens (primary N) is 2. The van der Waals surface area contributed by atoms with Crippen molar-refractivity contribution in [1.82, 2.24) is 4.98 Å². The molecule has 0 unspecified atom stereocenters. The van der Waals surface area contributed by atoms with Crippen molar-refractivity contribution in [3.63, 3.8) is 0 Å². The van der Waals surface area contributed by atoms with E-state index in [0.29, 0.717) is 6.42 Å². The first-order chi connectivity index (χ1) is 7.00. The van der Waals surface area contributed by atoms with Crippen LogP contribution < -0.4 is 11.5 Å². The first kappa shape index (κ1) is 18.3. The molecule has 0 bridgehead atoms. The highest BCUT2D eigenvalue weighted by molar-refractivity contribution is 5.85. The van der Waals surface area contributed by atoms with Gasteiger partial charge in [-0.3, -0.25) is 0 Å². The molecule has 0 aromatic carbocycles. The molecule has 0 saturated carbocycles. The van der Waals surface area contributed by atoms with E-state index in [1.54, 1.807) is 6.92 Å². The molecule has 96 valence electrons. The normalized spacial score (nSPS) is 10.4. The Kier molecular flexibility index (Phi) is 8.68. The quantitative estimate of drug-likeness (QED) is 0.611. The third-order valence-corrected chi connectivity index (χ3v) is 1.61. The molecule has 0 amide bonds. The average molecular weight is 284 g/mol. The zero-order chi connectivity index (χ0) is 11.4. The maximum absolute atomic E-state index is 12.8. The number of rotatable bonds is 1. The molecule has 1 atom stereocenters. The SMILES string of the molecule is C[C@H](N)CC#Cc1cc(F)c(F)nc1N.Cl.Cl.